The standard InChI is InChI=1S/C19H28N4O2S2.HI/c1-20-18(21-9-5-12-26-19-22-10-13-27-19)23(2)11-8-15-6-7-16(24-3)17(14-15)25-4;/h6-7,10,13-14H,5,8-9,11-12H2,1-4H3,(H,20,21);1H. The average Bonchev–Trinajstić information content (AvgIpc) is 3.22. The van der Waals surface area contributed by atoms with Crippen LogP contribution < -0.4 is 14.8 Å². The van der Waals surface area contributed by atoms with Crippen LogP contribution in [-0.2, 0) is 6.42 Å². The fourth-order valence-electron chi connectivity index (χ4n) is 2.54. The molecule has 0 spiro atoms. The fourth-order valence-corrected chi connectivity index (χ4v) is 4.18. The third-order valence-corrected chi connectivity index (χ3v) is 6.05. The van der Waals surface area contributed by atoms with Crippen molar-refractivity contribution in [1.82, 2.24) is 15.2 Å². The highest BCUT2D eigenvalue weighted by Gasteiger charge is 2.08. The van der Waals surface area contributed by atoms with Crippen molar-refractivity contribution >= 4 is 53.0 Å². The maximum Gasteiger partial charge on any atom is 0.193 e. The highest BCUT2D eigenvalue weighted by Crippen LogP contribution is 2.27. The van der Waals surface area contributed by atoms with E-state index in [0.717, 1.165) is 53.5 Å². The van der Waals surface area contributed by atoms with E-state index in [-0.39, 0.29) is 24.0 Å². The number of halogens is 1. The van der Waals surface area contributed by atoms with Gasteiger partial charge < -0.3 is 19.7 Å². The molecule has 0 amide bonds. The summed E-state index contributed by atoms with van der Waals surface area (Å²) in [5.41, 5.74) is 1.20. The minimum Gasteiger partial charge on any atom is -0.493 e. The first-order valence-corrected chi connectivity index (χ1v) is 10.7. The van der Waals surface area contributed by atoms with Crippen LogP contribution in [0.25, 0.3) is 0 Å². The molecule has 6 nitrogen and oxygen atoms in total. The summed E-state index contributed by atoms with van der Waals surface area (Å²) in [6.45, 7) is 1.76. The molecule has 0 fully saturated rings. The number of nitrogens with one attached hydrogen (secondary N) is 1. The van der Waals surface area contributed by atoms with Crippen molar-refractivity contribution < 1.29 is 9.47 Å². The molecule has 0 saturated carbocycles. The first kappa shape index (κ1) is 24.8. The van der Waals surface area contributed by atoms with Crippen molar-refractivity contribution in [2.24, 2.45) is 4.99 Å². The van der Waals surface area contributed by atoms with Crippen LogP contribution in [0.5, 0.6) is 11.5 Å². The summed E-state index contributed by atoms with van der Waals surface area (Å²) in [6.07, 6.45) is 3.81. The Morgan fingerprint density at radius 2 is 2.07 bits per heavy atom. The molecule has 0 atom stereocenters. The molecule has 2 aromatic rings. The molecule has 0 aliphatic heterocycles. The molecule has 0 aliphatic rings. The zero-order valence-corrected chi connectivity index (χ0v) is 20.8. The lowest BCUT2D eigenvalue weighted by Crippen LogP contribution is -2.40. The molecule has 2 rings (SSSR count). The summed E-state index contributed by atoms with van der Waals surface area (Å²) in [4.78, 5) is 10.8. The largest absolute Gasteiger partial charge is 0.493 e. The fraction of sp³-hybridized carbons (Fsp3) is 0.474. The summed E-state index contributed by atoms with van der Waals surface area (Å²) in [5, 5.41) is 5.44. The number of hydrogen-bond donors (Lipinski definition) is 1. The summed E-state index contributed by atoms with van der Waals surface area (Å²) in [6, 6.07) is 6.04. The van der Waals surface area contributed by atoms with Gasteiger partial charge in [0.2, 0.25) is 0 Å². The van der Waals surface area contributed by atoms with Crippen LogP contribution in [-0.4, -0.2) is 63.0 Å². The van der Waals surface area contributed by atoms with Crippen molar-refractivity contribution in [3.8, 4) is 11.5 Å². The van der Waals surface area contributed by atoms with Crippen molar-refractivity contribution in [3.63, 3.8) is 0 Å². The van der Waals surface area contributed by atoms with Crippen LogP contribution in [0.2, 0.25) is 0 Å². The van der Waals surface area contributed by atoms with Gasteiger partial charge in [-0.15, -0.1) is 35.3 Å². The highest BCUT2D eigenvalue weighted by molar-refractivity contribution is 14.0. The van der Waals surface area contributed by atoms with Crippen LogP contribution in [0.1, 0.15) is 12.0 Å². The van der Waals surface area contributed by atoms with Gasteiger partial charge in [0.1, 0.15) is 4.34 Å². The van der Waals surface area contributed by atoms with Crippen LogP contribution in [0.4, 0.5) is 0 Å². The van der Waals surface area contributed by atoms with Crippen molar-refractivity contribution in [2.75, 3.05) is 47.2 Å². The summed E-state index contributed by atoms with van der Waals surface area (Å²) < 4.78 is 11.8. The zero-order chi connectivity index (χ0) is 19.5. The summed E-state index contributed by atoms with van der Waals surface area (Å²) in [5.74, 6) is 3.47. The number of methoxy groups -OCH3 is 2. The molecule has 0 unspecified atom stereocenters. The van der Waals surface area contributed by atoms with Gasteiger partial charge >= 0.3 is 0 Å². The van der Waals surface area contributed by atoms with Crippen molar-refractivity contribution in [2.45, 2.75) is 17.2 Å². The van der Waals surface area contributed by atoms with Gasteiger partial charge in [0.05, 0.1) is 14.2 Å². The summed E-state index contributed by atoms with van der Waals surface area (Å²) >= 11 is 3.49. The minimum atomic E-state index is 0. The Bertz CT molecular complexity index is 714. The quantitative estimate of drug-likeness (QED) is 0.163. The van der Waals surface area contributed by atoms with Crippen LogP contribution in [0, 0.1) is 0 Å². The van der Waals surface area contributed by atoms with E-state index in [1.165, 1.54) is 5.56 Å². The van der Waals surface area contributed by atoms with Crippen LogP contribution in [0.15, 0.2) is 39.1 Å². The second-order valence-electron chi connectivity index (χ2n) is 5.83. The smallest absolute Gasteiger partial charge is 0.193 e. The second-order valence-corrected chi connectivity index (χ2v) is 8.07. The predicted octanol–water partition coefficient (Wildman–Crippen LogP) is 4.01. The van der Waals surface area contributed by atoms with Gasteiger partial charge in [-0.05, 0) is 30.5 Å². The van der Waals surface area contributed by atoms with E-state index in [1.807, 2.05) is 30.8 Å². The van der Waals surface area contributed by atoms with Gasteiger partial charge in [0.15, 0.2) is 17.5 Å². The first-order valence-electron chi connectivity index (χ1n) is 8.83. The van der Waals surface area contributed by atoms with E-state index in [4.69, 9.17) is 9.47 Å². The Morgan fingerprint density at radius 3 is 2.71 bits per heavy atom. The number of likely N-dealkylation sites (N-methyl/N-ethyl adjacent to an activating group) is 1. The maximum atomic E-state index is 5.37. The second kappa shape index (κ2) is 13.9. The lowest BCUT2D eigenvalue weighted by atomic mass is 10.1. The number of nitrogens with zero attached hydrogens (tertiary/aromatic N) is 3. The number of thioether (sulfide) groups is 1. The number of aromatic nitrogens is 1. The molecular weight excluding hydrogens is 507 g/mol. The molecule has 1 N–H and O–H groups in total. The Labute approximate surface area is 193 Å². The average molecular weight is 537 g/mol. The Morgan fingerprint density at radius 1 is 1.29 bits per heavy atom. The molecule has 1 aromatic carbocycles. The van der Waals surface area contributed by atoms with E-state index in [0.29, 0.717) is 0 Å². The molecule has 28 heavy (non-hydrogen) atoms. The first-order chi connectivity index (χ1) is 13.2. The number of thiazole rings is 1. The molecule has 9 heteroatoms. The number of benzene rings is 1. The Balaban J connectivity index is 0.00000392. The number of ether oxygens (including phenoxy) is 2. The number of hydrogen-bond acceptors (Lipinski definition) is 6. The van der Waals surface area contributed by atoms with E-state index in [2.05, 4.69) is 33.3 Å². The SMILES string of the molecule is CN=C(NCCCSc1nccs1)N(C)CCc1ccc(OC)c(OC)c1.I. The number of guanidine groups is 1. The Hall–Kier alpha value is -1.20. The van der Waals surface area contributed by atoms with Gasteiger partial charge in [-0.25, -0.2) is 4.98 Å². The van der Waals surface area contributed by atoms with Gasteiger partial charge in [-0.1, -0.05) is 17.8 Å². The van der Waals surface area contributed by atoms with E-state index in [9.17, 15) is 0 Å². The molecule has 1 aromatic heterocycles. The zero-order valence-electron chi connectivity index (χ0n) is 16.8. The molecule has 0 radical (unpaired) electrons. The minimum absolute atomic E-state index is 0. The van der Waals surface area contributed by atoms with E-state index < -0.39 is 0 Å². The molecule has 0 saturated heterocycles. The van der Waals surface area contributed by atoms with Gasteiger partial charge in [-0.3, -0.25) is 4.99 Å². The normalized spacial score (nSPS) is 10.9. The van der Waals surface area contributed by atoms with Crippen molar-refractivity contribution in [1.29, 1.82) is 0 Å². The highest BCUT2D eigenvalue weighted by atomic mass is 127. The van der Waals surface area contributed by atoms with E-state index >= 15 is 0 Å². The number of rotatable bonds is 10. The number of aliphatic imine (C=N–C) groups is 1. The lowest BCUT2D eigenvalue weighted by molar-refractivity contribution is 0.354. The summed E-state index contributed by atoms with van der Waals surface area (Å²) in [7, 11) is 7.18. The monoisotopic (exact) mass is 536 g/mol. The van der Waals surface area contributed by atoms with Crippen LogP contribution in [0.3, 0.4) is 0 Å². The van der Waals surface area contributed by atoms with E-state index in [1.54, 1.807) is 37.3 Å². The van der Waals surface area contributed by atoms with Crippen molar-refractivity contribution in [3.05, 3.63) is 35.3 Å². The molecule has 0 bridgehead atoms. The van der Waals surface area contributed by atoms with Gasteiger partial charge in [0.25, 0.3) is 0 Å². The van der Waals surface area contributed by atoms with Gasteiger partial charge in [-0.2, -0.15) is 0 Å². The topological polar surface area (TPSA) is 59.0 Å². The van der Waals surface area contributed by atoms with Gasteiger partial charge in [0, 0.05) is 44.5 Å². The molecular formula is C19H29IN4O2S2. The molecule has 1 heterocycles. The third kappa shape index (κ3) is 8.04. The Kier molecular flexibility index (Phi) is 12.3. The van der Waals surface area contributed by atoms with Crippen LogP contribution >= 0.6 is 47.1 Å². The maximum absolute atomic E-state index is 5.37. The molecule has 156 valence electrons. The predicted molar refractivity (Wildman–Crippen MR) is 130 cm³/mol. The third-order valence-electron chi connectivity index (χ3n) is 4.00. The lowest BCUT2D eigenvalue weighted by Gasteiger charge is -2.22. The molecule has 0 aliphatic carbocycles.